The molecule has 1 N–H and O–H groups in total. The van der Waals surface area contributed by atoms with Crippen molar-refractivity contribution in [1.29, 1.82) is 0 Å². The molecule has 0 fully saturated rings. The predicted molar refractivity (Wildman–Crippen MR) is 69.4 cm³/mol. The lowest BCUT2D eigenvalue weighted by Crippen LogP contribution is -2.16. The number of fused-ring (bicyclic) bond motifs is 2. The van der Waals surface area contributed by atoms with Gasteiger partial charge in [0.1, 0.15) is 0 Å². The molecule has 2 aromatic rings. The second-order valence-electron chi connectivity index (χ2n) is 4.67. The molecule has 1 heterocycles. The van der Waals surface area contributed by atoms with E-state index < -0.39 is 0 Å². The van der Waals surface area contributed by atoms with E-state index in [4.69, 9.17) is 11.6 Å². The first-order valence-electron chi connectivity index (χ1n) is 6.03. The Morgan fingerprint density at radius 3 is 2.88 bits per heavy atom. The number of H-pyrrole nitrogens is 1. The summed E-state index contributed by atoms with van der Waals surface area (Å²) in [5, 5.41) is 0.839. The van der Waals surface area contributed by atoms with Crippen LogP contribution >= 0.6 is 11.6 Å². The minimum Gasteiger partial charge on any atom is -0.214 e. The Kier molecular flexibility index (Phi) is 2.64. The summed E-state index contributed by atoms with van der Waals surface area (Å²) in [4.78, 5) is 3.40. The number of rotatable bonds is 0. The van der Waals surface area contributed by atoms with Crippen LogP contribution in [0, 0.1) is 0 Å². The van der Waals surface area contributed by atoms with Crippen molar-refractivity contribution in [2.75, 3.05) is 0 Å². The molecule has 0 saturated carbocycles. The fraction of sp³-hybridized carbons (Fsp3) is 0.267. The molecule has 1 aromatic heterocycles. The number of halogens is 1. The van der Waals surface area contributed by atoms with Crippen LogP contribution in [0.2, 0.25) is 5.02 Å². The van der Waals surface area contributed by atoms with Gasteiger partial charge in [0, 0.05) is 16.7 Å². The van der Waals surface area contributed by atoms with Gasteiger partial charge in [-0.25, -0.2) is 4.98 Å². The lowest BCUT2D eigenvalue weighted by Gasteiger charge is -2.10. The normalized spacial score (nSPS) is 18.1. The molecule has 0 amide bonds. The van der Waals surface area contributed by atoms with Crippen LogP contribution in [0.15, 0.2) is 36.5 Å². The first-order valence-corrected chi connectivity index (χ1v) is 6.41. The van der Waals surface area contributed by atoms with Gasteiger partial charge in [0.15, 0.2) is 11.9 Å². The molecule has 1 aromatic carbocycles. The van der Waals surface area contributed by atoms with Crippen molar-refractivity contribution in [1.82, 2.24) is 0 Å². The highest BCUT2D eigenvalue weighted by Crippen LogP contribution is 2.32. The Balaban J connectivity index is 2.16. The summed E-state index contributed by atoms with van der Waals surface area (Å²) < 4.78 is 0. The van der Waals surface area contributed by atoms with Crippen molar-refractivity contribution >= 4 is 11.6 Å². The molecule has 0 bridgehead atoms. The molecule has 1 aliphatic rings. The highest BCUT2D eigenvalue weighted by molar-refractivity contribution is 6.30. The number of aromatic nitrogens is 1. The first kappa shape index (κ1) is 10.8. The molecule has 1 atom stereocenters. The average molecular weight is 245 g/mol. The summed E-state index contributed by atoms with van der Waals surface area (Å²) in [6.45, 7) is 2.26. The van der Waals surface area contributed by atoms with E-state index in [1.54, 1.807) is 0 Å². The van der Waals surface area contributed by atoms with E-state index in [-0.39, 0.29) is 0 Å². The second kappa shape index (κ2) is 4.15. The van der Waals surface area contributed by atoms with Gasteiger partial charge in [-0.1, -0.05) is 17.7 Å². The van der Waals surface area contributed by atoms with Crippen LogP contribution < -0.4 is 4.98 Å². The van der Waals surface area contributed by atoms with Gasteiger partial charge in [-0.05, 0) is 49.1 Å². The van der Waals surface area contributed by atoms with Crippen molar-refractivity contribution in [2.45, 2.75) is 25.7 Å². The van der Waals surface area contributed by atoms with Gasteiger partial charge in [-0.3, -0.25) is 0 Å². The highest BCUT2D eigenvalue weighted by Gasteiger charge is 2.24. The summed E-state index contributed by atoms with van der Waals surface area (Å²) in [6, 6.07) is 10.6. The number of hydrogen-bond donors (Lipinski definition) is 0. The maximum Gasteiger partial charge on any atom is 0.190 e. The van der Waals surface area contributed by atoms with Crippen molar-refractivity contribution < 1.29 is 4.98 Å². The van der Waals surface area contributed by atoms with Crippen molar-refractivity contribution in [3.8, 4) is 0 Å². The Bertz CT molecular complexity index is 563. The van der Waals surface area contributed by atoms with Crippen LogP contribution in [0.3, 0.4) is 0 Å². The zero-order valence-electron chi connectivity index (χ0n) is 9.83. The molecular weight excluding hydrogens is 230 g/mol. The third-order valence-electron chi connectivity index (χ3n) is 3.65. The summed E-state index contributed by atoms with van der Waals surface area (Å²) in [6.07, 6.45) is 4.17. The molecule has 1 nitrogen and oxygen atoms in total. The molecule has 86 valence electrons. The summed E-state index contributed by atoms with van der Waals surface area (Å²) >= 11 is 6.08. The van der Waals surface area contributed by atoms with Gasteiger partial charge in [-0.15, -0.1) is 0 Å². The maximum absolute atomic E-state index is 6.08. The SMILES string of the molecule is CC1c2ccc(Cl)cc2CCc2ccc[nH+]c21. The van der Waals surface area contributed by atoms with E-state index in [0.717, 1.165) is 17.9 Å². The monoisotopic (exact) mass is 244 g/mol. The molecule has 2 heteroatoms. The van der Waals surface area contributed by atoms with E-state index >= 15 is 0 Å². The first-order chi connectivity index (χ1) is 8.25. The molecule has 1 aliphatic carbocycles. The lowest BCUT2D eigenvalue weighted by molar-refractivity contribution is -0.392. The standard InChI is InChI=1S/C15H14ClN/c1-10-14-7-6-13(16)9-12(14)5-4-11-3-2-8-17-15(10)11/h2-3,6-10H,4-5H2,1H3/p+1. The van der Waals surface area contributed by atoms with E-state index in [0.29, 0.717) is 5.92 Å². The topological polar surface area (TPSA) is 14.1 Å². The number of benzene rings is 1. The molecule has 0 saturated heterocycles. The molecule has 1 unspecified atom stereocenters. The van der Waals surface area contributed by atoms with Gasteiger partial charge in [0.2, 0.25) is 0 Å². The number of pyridine rings is 1. The predicted octanol–water partition coefficient (Wildman–Crippen LogP) is 3.40. The molecular formula is C15H15ClN+. The molecule has 17 heavy (non-hydrogen) atoms. The fourth-order valence-electron chi connectivity index (χ4n) is 2.74. The number of hydrogen-bond acceptors (Lipinski definition) is 0. The van der Waals surface area contributed by atoms with Crippen LogP contribution in [0.5, 0.6) is 0 Å². The van der Waals surface area contributed by atoms with Crippen LogP contribution in [-0.4, -0.2) is 0 Å². The lowest BCUT2D eigenvalue weighted by atomic mass is 9.93. The van der Waals surface area contributed by atoms with Crippen LogP contribution in [0.1, 0.15) is 35.2 Å². The van der Waals surface area contributed by atoms with Gasteiger partial charge >= 0.3 is 0 Å². The van der Waals surface area contributed by atoms with Crippen molar-refractivity contribution in [3.05, 3.63) is 63.9 Å². The van der Waals surface area contributed by atoms with Crippen molar-refractivity contribution in [3.63, 3.8) is 0 Å². The summed E-state index contributed by atoms with van der Waals surface area (Å²) in [5.74, 6) is 0.418. The van der Waals surface area contributed by atoms with E-state index in [1.165, 1.54) is 22.4 Å². The van der Waals surface area contributed by atoms with Crippen LogP contribution in [-0.2, 0) is 12.8 Å². The van der Waals surface area contributed by atoms with Gasteiger partial charge in [0.05, 0.1) is 5.92 Å². The average Bonchev–Trinajstić information content (AvgIpc) is 2.48. The number of nitrogens with one attached hydrogen (secondary N) is 1. The molecule has 3 rings (SSSR count). The Morgan fingerprint density at radius 1 is 1.18 bits per heavy atom. The van der Waals surface area contributed by atoms with Crippen molar-refractivity contribution in [2.24, 2.45) is 0 Å². The second-order valence-corrected chi connectivity index (χ2v) is 5.11. The zero-order chi connectivity index (χ0) is 11.8. The van der Waals surface area contributed by atoms with E-state index in [1.807, 2.05) is 12.3 Å². The Labute approximate surface area is 106 Å². The van der Waals surface area contributed by atoms with E-state index in [9.17, 15) is 0 Å². The minimum atomic E-state index is 0.418. The quantitative estimate of drug-likeness (QED) is 0.675. The summed E-state index contributed by atoms with van der Waals surface area (Å²) in [5.41, 5.74) is 5.55. The molecule has 0 spiro atoms. The largest absolute Gasteiger partial charge is 0.214 e. The number of aryl methyl sites for hydroxylation is 2. The zero-order valence-corrected chi connectivity index (χ0v) is 10.6. The fourth-order valence-corrected chi connectivity index (χ4v) is 2.94. The van der Waals surface area contributed by atoms with Gasteiger partial charge < -0.3 is 0 Å². The molecule has 0 radical (unpaired) electrons. The maximum atomic E-state index is 6.08. The highest BCUT2D eigenvalue weighted by atomic mass is 35.5. The Morgan fingerprint density at radius 2 is 2.00 bits per heavy atom. The Hall–Kier alpha value is -1.34. The smallest absolute Gasteiger partial charge is 0.190 e. The minimum absolute atomic E-state index is 0.418. The third kappa shape index (κ3) is 1.85. The van der Waals surface area contributed by atoms with Crippen LogP contribution in [0.4, 0.5) is 0 Å². The third-order valence-corrected chi connectivity index (χ3v) is 3.88. The van der Waals surface area contributed by atoms with Gasteiger partial charge in [-0.2, -0.15) is 0 Å². The molecule has 0 aliphatic heterocycles. The number of aromatic amines is 1. The van der Waals surface area contributed by atoms with E-state index in [2.05, 4.69) is 36.2 Å². The summed E-state index contributed by atoms with van der Waals surface area (Å²) in [7, 11) is 0. The van der Waals surface area contributed by atoms with Crippen LogP contribution in [0.25, 0.3) is 0 Å². The van der Waals surface area contributed by atoms with Gasteiger partial charge in [0.25, 0.3) is 0 Å².